The summed E-state index contributed by atoms with van der Waals surface area (Å²) < 4.78 is 12.5. The number of halogens is 1. The molecule has 1 aromatic heterocycles. The predicted octanol–water partition coefficient (Wildman–Crippen LogP) is 1.92. The predicted molar refractivity (Wildman–Crippen MR) is 55.9 cm³/mol. The Morgan fingerprint density at radius 2 is 2.47 bits per heavy atom. The summed E-state index contributed by atoms with van der Waals surface area (Å²) in [5.74, 6) is -0.845. The number of hydrogen-bond donors (Lipinski definition) is 1. The zero-order valence-corrected chi connectivity index (χ0v) is 8.53. The first-order valence-corrected chi connectivity index (χ1v) is 4.67. The van der Waals surface area contributed by atoms with E-state index in [0.717, 1.165) is 6.07 Å². The van der Waals surface area contributed by atoms with Gasteiger partial charge in [-0.15, -0.1) is 6.58 Å². The molecule has 0 spiro atoms. The summed E-state index contributed by atoms with van der Waals surface area (Å²) in [6.07, 6.45) is 3.64. The highest BCUT2D eigenvalue weighted by Crippen LogP contribution is 2.00. The van der Waals surface area contributed by atoms with Gasteiger partial charge in [-0.25, -0.2) is 4.98 Å². The lowest BCUT2D eigenvalue weighted by Crippen LogP contribution is -2.32. The van der Waals surface area contributed by atoms with Crippen molar-refractivity contribution in [2.24, 2.45) is 0 Å². The van der Waals surface area contributed by atoms with Crippen molar-refractivity contribution >= 4 is 5.91 Å². The van der Waals surface area contributed by atoms with E-state index in [-0.39, 0.29) is 11.9 Å². The van der Waals surface area contributed by atoms with E-state index in [1.807, 2.05) is 6.92 Å². The molecule has 1 rings (SSSR count). The molecule has 80 valence electrons. The molecule has 0 bridgehead atoms. The smallest absolute Gasteiger partial charge is 0.253 e. The third-order valence-electron chi connectivity index (χ3n) is 1.89. The average Bonchev–Trinajstić information content (AvgIpc) is 2.18. The van der Waals surface area contributed by atoms with E-state index in [4.69, 9.17) is 0 Å². The van der Waals surface area contributed by atoms with E-state index in [0.29, 0.717) is 12.0 Å². The fourth-order valence-corrected chi connectivity index (χ4v) is 1.13. The number of pyridine rings is 1. The van der Waals surface area contributed by atoms with Gasteiger partial charge in [-0.2, -0.15) is 4.39 Å². The highest BCUT2D eigenvalue weighted by molar-refractivity contribution is 5.93. The number of carbonyl (C=O) groups excluding carboxylic acids is 1. The van der Waals surface area contributed by atoms with Crippen LogP contribution in [0, 0.1) is 5.95 Å². The lowest BCUT2D eigenvalue weighted by Gasteiger charge is -2.11. The van der Waals surface area contributed by atoms with E-state index < -0.39 is 5.95 Å². The van der Waals surface area contributed by atoms with Crippen LogP contribution >= 0.6 is 0 Å². The fraction of sp³-hybridized carbons (Fsp3) is 0.273. The molecule has 0 saturated heterocycles. The monoisotopic (exact) mass is 208 g/mol. The average molecular weight is 208 g/mol. The van der Waals surface area contributed by atoms with Gasteiger partial charge in [0, 0.05) is 12.2 Å². The Morgan fingerprint density at radius 1 is 1.73 bits per heavy atom. The van der Waals surface area contributed by atoms with E-state index >= 15 is 0 Å². The second-order valence-electron chi connectivity index (χ2n) is 3.27. The normalized spacial score (nSPS) is 11.9. The third-order valence-corrected chi connectivity index (χ3v) is 1.89. The van der Waals surface area contributed by atoms with Crippen LogP contribution in [0.15, 0.2) is 31.0 Å². The van der Waals surface area contributed by atoms with Gasteiger partial charge in [0.2, 0.25) is 5.95 Å². The van der Waals surface area contributed by atoms with Crippen molar-refractivity contribution in [3.05, 3.63) is 42.5 Å². The number of nitrogens with one attached hydrogen (secondary N) is 1. The molecule has 1 aromatic rings. The molecule has 0 aliphatic carbocycles. The van der Waals surface area contributed by atoms with Gasteiger partial charge < -0.3 is 5.32 Å². The molecule has 1 heterocycles. The van der Waals surface area contributed by atoms with Crippen LogP contribution in [0.5, 0.6) is 0 Å². The Labute approximate surface area is 88.0 Å². The van der Waals surface area contributed by atoms with Crippen LogP contribution < -0.4 is 5.32 Å². The van der Waals surface area contributed by atoms with Gasteiger partial charge in [-0.1, -0.05) is 6.08 Å². The Kier molecular flexibility index (Phi) is 3.97. The summed E-state index contributed by atoms with van der Waals surface area (Å²) in [7, 11) is 0. The second-order valence-corrected chi connectivity index (χ2v) is 3.27. The van der Waals surface area contributed by atoms with Crippen molar-refractivity contribution in [2.45, 2.75) is 19.4 Å². The minimum atomic E-state index is -0.592. The van der Waals surface area contributed by atoms with E-state index in [9.17, 15) is 9.18 Å². The molecule has 4 heteroatoms. The second kappa shape index (κ2) is 5.24. The largest absolute Gasteiger partial charge is 0.349 e. The van der Waals surface area contributed by atoms with Crippen molar-refractivity contribution in [1.29, 1.82) is 0 Å². The highest BCUT2D eigenvalue weighted by Gasteiger charge is 2.08. The van der Waals surface area contributed by atoms with E-state index in [1.165, 1.54) is 12.3 Å². The lowest BCUT2D eigenvalue weighted by atomic mass is 10.2. The van der Waals surface area contributed by atoms with Gasteiger partial charge in [0.05, 0.1) is 5.56 Å². The number of amides is 1. The van der Waals surface area contributed by atoms with Crippen LogP contribution in [0.3, 0.4) is 0 Å². The van der Waals surface area contributed by atoms with Crippen molar-refractivity contribution in [3.8, 4) is 0 Å². The summed E-state index contributed by atoms with van der Waals surface area (Å²) in [6.45, 7) is 5.45. The summed E-state index contributed by atoms with van der Waals surface area (Å²) in [6, 6.07) is 2.57. The molecule has 1 atom stereocenters. The third kappa shape index (κ3) is 3.50. The van der Waals surface area contributed by atoms with E-state index in [1.54, 1.807) is 6.08 Å². The van der Waals surface area contributed by atoms with Gasteiger partial charge in [0.15, 0.2) is 0 Å². The van der Waals surface area contributed by atoms with Gasteiger partial charge in [0.25, 0.3) is 5.91 Å². The number of nitrogens with zero attached hydrogens (tertiary/aromatic N) is 1. The maximum Gasteiger partial charge on any atom is 0.253 e. The number of rotatable bonds is 4. The summed E-state index contributed by atoms with van der Waals surface area (Å²) in [5.41, 5.74) is 0.354. The number of carbonyl (C=O) groups is 1. The minimum Gasteiger partial charge on any atom is -0.349 e. The maximum atomic E-state index is 12.5. The molecule has 0 radical (unpaired) electrons. The lowest BCUT2D eigenvalue weighted by molar-refractivity contribution is 0.0940. The number of hydrogen-bond acceptors (Lipinski definition) is 2. The van der Waals surface area contributed by atoms with Crippen LogP contribution in [-0.4, -0.2) is 16.9 Å². The van der Waals surface area contributed by atoms with Gasteiger partial charge in [-0.05, 0) is 25.5 Å². The van der Waals surface area contributed by atoms with Gasteiger partial charge >= 0.3 is 0 Å². The molecular weight excluding hydrogens is 195 g/mol. The zero-order valence-electron chi connectivity index (χ0n) is 8.53. The topological polar surface area (TPSA) is 42.0 Å². The first-order valence-electron chi connectivity index (χ1n) is 4.67. The Balaban J connectivity index is 2.61. The van der Waals surface area contributed by atoms with Crippen LogP contribution in [-0.2, 0) is 0 Å². The van der Waals surface area contributed by atoms with E-state index in [2.05, 4.69) is 16.9 Å². The van der Waals surface area contributed by atoms with Crippen LogP contribution in [0.2, 0.25) is 0 Å². The van der Waals surface area contributed by atoms with Crippen molar-refractivity contribution in [2.75, 3.05) is 0 Å². The molecule has 0 aliphatic rings. The minimum absolute atomic E-state index is 0.0139. The number of aromatic nitrogens is 1. The first kappa shape index (κ1) is 11.4. The molecule has 1 N–H and O–H groups in total. The van der Waals surface area contributed by atoms with Crippen LogP contribution in [0.1, 0.15) is 23.7 Å². The summed E-state index contributed by atoms with van der Waals surface area (Å²) in [5, 5.41) is 2.74. The Bertz CT molecular complexity index is 348. The molecule has 15 heavy (non-hydrogen) atoms. The van der Waals surface area contributed by atoms with Crippen LogP contribution in [0.25, 0.3) is 0 Å². The van der Waals surface area contributed by atoms with Crippen molar-refractivity contribution in [1.82, 2.24) is 10.3 Å². The Hall–Kier alpha value is -1.71. The quantitative estimate of drug-likeness (QED) is 0.606. The summed E-state index contributed by atoms with van der Waals surface area (Å²) >= 11 is 0. The Morgan fingerprint density at radius 3 is 3.00 bits per heavy atom. The first-order chi connectivity index (χ1) is 7.13. The molecule has 3 nitrogen and oxygen atoms in total. The molecule has 1 amide bonds. The fourth-order valence-electron chi connectivity index (χ4n) is 1.13. The molecular formula is C11H13FN2O. The molecule has 0 saturated carbocycles. The summed E-state index contributed by atoms with van der Waals surface area (Å²) in [4.78, 5) is 14.9. The van der Waals surface area contributed by atoms with Gasteiger partial charge in [0.1, 0.15) is 0 Å². The molecule has 0 aliphatic heterocycles. The standard InChI is InChI=1S/C11H13FN2O/c1-3-4-8(2)14-11(15)9-5-6-10(12)13-7-9/h3,5-8H,1,4H2,2H3,(H,14,15). The highest BCUT2D eigenvalue weighted by atomic mass is 19.1. The van der Waals surface area contributed by atoms with Crippen molar-refractivity contribution in [3.63, 3.8) is 0 Å². The zero-order chi connectivity index (χ0) is 11.3. The maximum absolute atomic E-state index is 12.5. The van der Waals surface area contributed by atoms with Gasteiger partial charge in [-0.3, -0.25) is 4.79 Å². The van der Waals surface area contributed by atoms with Crippen molar-refractivity contribution < 1.29 is 9.18 Å². The molecule has 0 aromatic carbocycles. The molecule has 1 unspecified atom stereocenters. The molecule has 0 fully saturated rings. The van der Waals surface area contributed by atoms with Crippen LogP contribution in [0.4, 0.5) is 4.39 Å². The SMILES string of the molecule is C=CCC(C)NC(=O)c1ccc(F)nc1.